The third-order valence-electron chi connectivity index (χ3n) is 6.72. The first kappa shape index (κ1) is 27.9. The predicted octanol–water partition coefficient (Wildman–Crippen LogP) is 5.88. The van der Waals surface area contributed by atoms with E-state index in [0.29, 0.717) is 28.4 Å². The van der Waals surface area contributed by atoms with Gasteiger partial charge in [0, 0.05) is 42.9 Å². The highest BCUT2D eigenvalue weighted by atomic mass is 35.5. The largest absolute Gasteiger partial charge is 0.379 e. The Labute approximate surface area is 233 Å². The van der Waals surface area contributed by atoms with Crippen molar-refractivity contribution in [3.8, 4) is 0 Å². The lowest BCUT2D eigenvalue weighted by Crippen LogP contribution is -2.39. The third kappa shape index (κ3) is 6.48. The molecule has 0 bridgehead atoms. The maximum Gasteiger partial charge on any atom is 0.260 e. The summed E-state index contributed by atoms with van der Waals surface area (Å²) >= 11 is 1.56. The van der Waals surface area contributed by atoms with Gasteiger partial charge < -0.3 is 4.74 Å². The van der Waals surface area contributed by atoms with E-state index in [4.69, 9.17) is 9.72 Å². The lowest BCUT2D eigenvalue weighted by atomic mass is 10.0. The molecule has 38 heavy (non-hydrogen) atoms. The molecule has 0 unspecified atom stereocenters. The normalized spacial score (nSPS) is 13.7. The van der Waals surface area contributed by atoms with Crippen LogP contribution in [-0.4, -0.2) is 61.0 Å². The van der Waals surface area contributed by atoms with Crippen LogP contribution in [0, 0.1) is 0 Å². The maximum absolute atomic E-state index is 13.8. The number of rotatable bonds is 9. The molecule has 0 saturated carbocycles. The molecule has 0 radical (unpaired) electrons. The highest BCUT2D eigenvalue weighted by Gasteiger charge is 2.22. The van der Waals surface area contributed by atoms with Gasteiger partial charge in [0.2, 0.25) is 0 Å². The molecule has 1 amide bonds. The van der Waals surface area contributed by atoms with Gasteiger partial charge in [-0.3, -0.25) is 19.4 Å². The van der Waals surface area contributed by atoms with Gasteiger partial charge in [-0.25, -0.2) is 4.98 Å². The fraction of sp³-hybridized carbons (Fsp3) is 0.300. The van der Waals surface area contributed by atoms with Crippen LogP contribution in [0.2, 0.25) is 0 Å². The molecule has 3 aromatic carbocycles. The lowest BCUT2D eigenvalue weighted by Gasteiger charge is -2.27. The van der Waals surface area contributed by atoms with Crippen molar-refractivity contribution in [2.24, 2.45) is 0 Å². The Morgan fingerprint density at radius 3 is 2.34 bits per heavy atom. The number of nitrogens with zero attached hydrogens (tertiary/aromatic N) is 3. The lowest BCUT2D eigenvalue weighted by molar-refractivity contribution is 0.0376. The van der Waals surface area contributed by atoms with Crippen LogP contribution in [0.4, 0.5) is 5.13 Å². The maximum atomic E-state index is 13.8. The van der Waals surface area contributed by atoms with E-state index < -0.39 is 0 Å². The topological polar surface area (TPSA) is 62.7 Å². The van der Waals surface area contributed by atoms with Gasteiger partial charge in [-0.15, -0.1) is 12.4 Å². The summed E-state index contributed by atoms with van der Waals surface area (Å²) in [6.45, 7) is 6.97. The Hall–Kier alpha value is -3.10. The van der Waals surface area contributed by atoms with Crippen LogP contribution in [0.15, 0.2) is 72.8 Å². The number of morpholine rings is 1. The van der Waals surface area contributed by atoms with Crippen molar-refractivity contribution < 1.29 is 14.3 Å². The zero-order chi connectivity index (χ0) is 25.6. The van der Waals surface area contributed by atoms with Gasteiger partial charge in [0.1, 0.15) is 0 Å². The number of halogens is 1. The summed E-state index contributed by atoms with van der Waals surface area (Å²) in [6, 6.07) is 22.4. The number of hydrogen-bond donors (Lipinski definition) is 0. The number of aromatic nitrogens is 1. The van der Waals surface area contributed by atoms with Crippen molar-refractivity contribution in [3.05, 3.63) is 95.1 Å². The Morgan fingerprint density at radius 2 is 1.63 bits per heavy atom. The molecule has 198 valence electrons. The summed E-state index contributed by atoms with van der Waals surface area (Å²) in [5, 5.41) is 0.708. The molecule has 0 N–H and O–H groups in total. The van der Waals surface area contributed by atoms with E-state index in [-0.39, 0.29) is 24.1 Å². The molecule has 0 spiro atoms. The van der Waals surface area contributed by atoms with Crippen molar-refractivity contribution in [2.45, 2.75) is 19.8 Å². The molecule has 0 aliphatic carbocycles. The quantitative estimate of drug-likeness (QED) is 0.244. The minimum absolute atomic E-state index is 0. The number of aryl methyl sites for hydroxylation is 1. The van der Waals surface area contributed by atoms with Crippen LogP contribution in [0.3, 0.4) is 0 Å². The van der Waals surface area contributed by atoms with Crippen molar-refractivity contribution in [1.29, 1.82) is 0 Å². The number of fused-ring (bicyclic) bond motifs is 1. The standard InChI is InChI=1S/C30H31N3O3S.ClH/c1-2-22-9-14-26-27(21-22)37-30(31-26)33(16-6-15-32-17-19-36-20-18-32)29(35)25-12-10-24(11-13-25)28(34)23-7-4-3-5-8-23;/h3-5,7-14,21H,2,6,15-20H2,1H3;1H. The number of hydrogen-bond acceptors (Lipinski definition) is 6. The van der Waals surface area contributed by atoms with Crippen LogP contribution in [-0.2, 0) is 11.2 Å². The van der Waals surface area contributed by atoms with Gasteiger partial charge in [0.25, 0.3) is 5.91 Å². The zero-order valence-corrected chi connectivity index (χ0v) is 23.1. The number of benzene rings is 3. The van der Waals surface area contributed by atoms with E-state index in [0.717, 1.165) is 55.9 Å². The zero-order valence-electron chi connectivity index (χ0n) is 21.5. The molecule has 5 rings (SSSR count). The molecule has 1 fully saturated rings. The van der Waals surface area contributed by atoms with Gasteiger partial charge in [0.05, 0.1) is 23.4 Å². The molecular weight excluding hydrogens is 518 g/mol. The van der Waals surface area contributed by atoms with Crippen LogP contribution in [0.25, 0.3) is 10.2 Å². The Balaban J connectivity index is 0.00000336. The minimum Gasteiger partial charge on any atom is -0.379 e. The number of amides is 1. The minimum atomic E-state index is -0.101. The molecule has 1 aliphatic heterocycles. The first-order chi connectivity index (χ1) is 18.1. The summed E-state index contributed by atoms with van der Waals surface area (Å²) in [7, 11) is 0. The van der Waals surface area contributed by atoms with Crippen LogP contribution in [0.1, 0.15) is 45.2 Å². The molecule has 6 nitrogen and oxygen atoms in total. The second kappa shape index (κ2) is 13.1. The predicted molar refractivity (Wildman–Crippen MR) is 156 cm³/mol. The number of carbonyl (C=O) groups is 2. The summed E-state index contributed by atoms with van der Waals surface area (Å²) in [5.41, 5.74) is 3.91. The van der Waals surface area contributed by atoms with Gasteiger partial charge in [-0.2, -0.15) is 0 Å². The molecule has 2 heterocycles. The molecular formula is C30H32ClN3O3S. The Bertz CT molecular complexity index is 1370. The number of thiazole rings is 1. The summed E-state index contributed by atoms with van der Waals surface area (Å²) in [6.07, 6.45) is 1.80. The Kier molecular flexibility index (Phi) is 9.63. The first-order valence-electron chi connectivity index (χ1n) is 12.8. The fourth-order valence-electron chi connectivity index (χ4n) is 4.53. The smallest absolute Gasteiger partial charge is 0.260 e. The highest BCUT2D eigenvalue weighted by Crippen LogP contribution is 2.31. The van der Waals surface area contributed by atoms with E-state index in [1.807, 2.05) is 24.3 Å². The van der Waals surface area contributed by atoms with Gasteiger partial charge in [0.15, 0.2) is 10.9 Å². The fourth-order valence-corrected chi connectivity index (χ4v) is 5.58. The van der Waals surface area contributed by atoms with Crippen LogP contribution >= 0.6 is 23.7 Å². The second-order valence-electron chi connectivity index (χ2n) is 9.19. The van der Waals surface area contributed by atoms with E-state index in [1.54, 1.807) is 52.6 Å². The van der Waals surface area contributed by atoms with Gasteiger partial charge >= 0.3 is 0 Å². The van der Waals surface area contributed by atoms with Crippen molar-refractivity contribution in [2.75, 3.05) is 44.3 Å². The average molecular weight is 550 g/mol. The van der Waals surface area contributed by atoms with Crippen molar-refractivity contribution in [3.63, 3.8) is 0 Å². The van der Waals surface area contributed by atoms with Crippen molar-refractivity contribution in [1.82, 2.24) is 9.88 Å². The van der Waals surface area contributed by atoms with E-state index in [1.165, 1.54) is 5.56 Å². The van der Waals surface area contributed by atoms with Crippen LogP contribution in [0.5, 0.6) is 0 Å². The molecule has 4 aromatic rings. The van der Waals surface area contributed by atoms with E-state index >= 15 is 0 Å². The monoisotopic (exact) mass is 549 g/mol. The number of ketones is 1. The molecule has 0 atom stereocenters. The van der Waals surface area contributed by atoms with Gasteiger partial charge in [-0.05, 0) is 42.7 Å². The number of anilines is 1. The average Bonchev–Trinajstić information content (AvgIpc) is 3.38. The first-order valence-corrected chi connectivity index (χ1v) is 13.7. The molecule has 8 heteroatoms. The van der Waals surface area contributed by atoms with E-state index in [2.05, 4.69) is 24.0 Å². The number of ether oxygens (including phenoxy) is 1. The highest BCUT2D eigenvalue weighted by molar-refractivity contribution is 7.22. The summed E-state index contributed by atoms with van der Waals surface area (Å²) < 4.78 is 6.55. The van der Waals surface area contributed by atoms with E-state index in [9.17, 15) is 9.59 Å². The van der Waals surface area contributed by atoms with Crippen LogP contribution < -0.4 is 4.90 Å². The molecule has 1 aromatic heterocycles. The SMILES string of the molecule is CCc1ccc2nc(N(CCCN3CCOCC3)C(=O)c3ccc(C(=O)c4ccccc4)cc3)sc2c1.Cl. The molecule has 1 saturated heterocycles. The number of carbonyl (C=O) groups excluding carboxylic acids is 2. The summed E-state index contributed by atoms with van der Waals surface area (Å²) in [5.74, 6) is -0.157. The Morgan fingerprint density at radius 1 is 0.947 bits per heavy atom. The van der Waals surface area contributed by atoms with Crippen molar-refractivity contribution >= 4 is 50.8 Å². The second-order valence-corrected chi connectivity index (χ2v) is 10.2. The van der Waals surface area contributed by atoms with Gasteiger partial charge in [-0.1, -0.05) is 66.8 Å². The third-order valence-corrected chi connectivity index (χ3v) is 7.76. The summed E-state index contributed by atoms with van der Waals surface area (Å²) in [4.78, 5) is 35.6. The molecule has 1 aliphatic rings.